The van der Waals surface area contributed by atoms with Gasteiger partial charge < -0.3 is 9.94 Å². The molecule has 0 aliphatic carbocycles. The molecule has 0 saturated heterocycles. The number of aliphatic carboxylic acids is 1. The molecule has 0 spiro atoms. The van der Waals surface area contributed by atoms with Crippen LogP contribution in [0.1, 0.15) is 5.56 Å². The first-order valence-electron chi connectivity index (χ1n) is 4.88. The number of carboxylic acids is 1. The Morgan fingerprint density at radius 1 is 1.35 bits per heavy atom. The van der Waals surface area contributed by atoms with E-state index in [1.807, 2.05) is 6.07 Å². The Hall–Kier alpha value is -2.63. The molecular weight excluding hydrogens is 222 g/mol. The van der Waals surface area contributed by atoms with Gasteiger partial charge in [0, 0.05) is 11.6 Å². The zero-order chi connectivity index (χ0) is 11.8. The molecule has 2 N–H and O–H groups in total. The molecule has 17 heavy (non-hydrogen) atoms. The minimum Gasteiger partial charge on any atom is -0.476 e. The molecule has 1 aliphatic heterocycles. The van der Waals surface area contributed by atoms with E-state index in [-0.39, 0.29) is 5.71 Å². The molecule has 0 fully saturated rings. The van der Waals surface area contributed by atoms with Gasteiger partial charge in [0.15, 0.2) is 11.5 Å². The second-order valence-electron chi connectivity index (χ2n) is 3.47. The third-order valence-corrected chi connectivity index (χ3v) is 2.50. The summed E-state index contributed by atoms with van der Waals surface area (Å²) in [5.41, 5.74) is 3.35. The standard InChI is InChI=1S/C11H7N3O3/c15-11(16)9-7-3-4-8-6(2-1-5-12-8)10(7)17-14-13-9/h1-5,14H,(H,15,16). The van der Waals surface area contributed by atoms with Gasteiger partial charge in [-0.15, -0.1) is 10.7 Å². The summed E-state index contributed by atoms with van der Waals surface area (Å²) < 4.78 is 0. The van der Waals surface area contributed by atoms with Gasteiger partial charge >= 0.3 is 5.97 Å². The first-order chi connectivity index (χ1) is 8.27. The number of hydrazone groups is 1. The molecule has 6 nitrogen and oxygen atoms in total. The van der Waals surface area contributed by atoms with Crippen LogP contribution in [0.2, 0.25) is 0 Å². The van der Waals surface area contributed by atoms with Crippen LogP contribution in [-0.4, -0.2) is 21.8 Å². The molecule has 3 rings (SSSR count). The first-order valence-corrected chi connectivity index (χ1v) is 4.88. The van der Waals surface area contributed by atoms with E-state index < -0.39 is 5.97 Å². The number of carboxylic acid groups (broad SMARTS) is 1. The van der Waals surface area contributed by atoms with Crippen molar-refractivity contribution in [1.29, 1.82) is 0 Å². The van der Waals surface area contributed by atoms with E-state index in [9.17, 15) is 4.79 Å². The van der Waals surface area contributed by atoms with E-state index in [0.717, 1.165) is 10.9 Å². The maximum absolute atomic E-state index is 11.0. The summed E-state index contributed by atoms with van der Waals surface area (Å²) in [5, 5.41) is 13.4. The highest BCUT2D eigenvalue weighted by atomic mass is 16.7. The topological polar surface area (TPSA) is 83.8 Å². The number of hydrogen-bond acceptors (Lipinski definition) is 5. The largest absolute Gasteiger partial charge is 0.476 e. The predicted octanol–water partition coefficient (Wildman–Crippen LogP) is 0.920. The van der Waals surface area contributed by atoms with Crippen LogP contribution >= 0.6 is 0 Å². The van der Waals surface area contributed by atoms with E-state index in [0.29, 0.717) is 11.3 Å². The Bertz CT molecular complexity index is 651. The molecule has 2 aromatic rings. The predicted molar refractivity (Wildman–Crippen MR) is 59.7 cm³/mol. The minimum atomic E-state index is -1.11. The summed E-state index contributed by atoms with van der Waals surface area (Å²) in [7, 11) is 0. The maximum Gasteiger partial charge on any atom is 0.357 e. The Labute approximate surface area is 95.5 Å². The average molecular weight is 229 g/mol. The monoisotopic (exact) mass is 229 g/mol. The number of pyridine rings is 1. The van der Waals surface area contributed by atoms with Crippen LogP contribution in [0.5, 0.6) is 5.75 Å². The van der Waals surface area contributed by atoms with Crippen molar-refractivity contribution in [3.63, 3.8) is 0 Å². The zero-order valence-corrected chi connectivity index (χ0v) is 8.54. The molecular formula is C11H7N3O3. The lowest BCUT2D eigenvalue weighted by Crippen LogP contribution is -2.27. The van der Waals surface area contributed by atoms with Gasteiger partial charge in [-0.05, 0) is 24.3 Å². The van der Waals surface area contributed by atoms with Crippen molar-refractivity contribution < 1.29 is 14.7 Å². The molecule has 0 atom stereocenters. The highest BCUT2D eigenvalue weighted by Gasteiger charge is 2.23. The second-order valence-corrected chi connectivity index (χ2v) is 3.47. The van der Waals surface area contributed by atoms with Gasteiger partial charge in [-0.25, -0.2) is 4.79 Å². The van der Waals surface area contributed by atoms with E-state index in [2.05, 4.69) is 15.7 Å². The lowest BCUT2D eigenvalue weighted by molar-refractivity contribution is -0.129. The molecule has 0 unspecified atom stereocenters. The van der Waals surface area contributed by atoms with Crippen molar-refractivity contribution in [3.05, 3.63) is 36.0 Å². The molecule has 6 heteroatoms. The SMILES string of the molecule is O=C(O)C1=NNOc2c1ccc1ncccc21. The number of nitrogens with one attached hydrogen (secondary N) is 1. The molecule has 0 radical (unpaired) electrons. The maximum atomic E-state index is 11.0. The van der Waals surface area contributed by atoms with Crippen molar-refractivity contribution in [3.8, 4) is 5.75 Å². The first kappa shape index (κ1) is 9.59. The number of hydrogen-bond donors (Lipinski definition) is 2. The number of aromatic nitrogens is 1. The summed E-state index contributed by atoms with van der Waals surface area (Å²) >= 11 is 0. The highest BCUT2D eigenvalue weighted by molar-refractivity contribution is 6.43. The van der Waals surface area contributed by atoms with Crippen LogP contribution in [0, 0.1) is 0 Å². The Kier molecular flexibility index (Phi) is 1.94. The van der Waals surface area contributed by atoms with Crippen molar-refractivity contribution in [2.45, 2.75) is 0 Å². The quantitative estimate of drug-likeness (QED) is 0.759. The van der Waals surface area contributed by atoms with Crippen molar-refractivity contribution >= 4 is 22.6 Å². The minimum absolute atomic E-state index is 0.0722. The Balaban J connectivity index is 2.32. The van der Waals surface area contributed by atoms with Crippen LogP contribution in [-0.2, 0) is 4.79 Å². The van der Waals surface area contributed by atoms with Gasteiger partial charge in [0.05, 0.1) is 11.1 Å². The van der Waals surface area contributed by atoms with E-state index in [4.69, 9.17) is 9.94 Å². The highest BCUT2D eigenvalue weighted by Crippen LogP contribution is 2.30. The lowest BCUT2D eigenvalue weighted by Gasteiger charge is -2.16. The van der Waals surface area contributed by atoms with Gasteiger partial charge in [0.25, 0.3) is 0 Å². The summed E-state index contributed by atoms with van der Waals surface area (Å²) in [5.74, 6) is -0.673. The number of carbonyl (C=O) groups is 1. The van der Waals surface area contributed by atoms with Crippen LogP contribution < -0.4 is 10.4 Å². The molecule has 1 aromatic heterocycles. The van der Waals surface area contributed by atoms with Crippen molar-refractivity contribution in [1.82, 2.24) is 10.6 Å². The normalized spacial score (nSPS) is 13.3. The Morgan fingerprint density at radius 3 is 3.06 bits per heavy atom. The number of benzene rings is 1. The zero-order valence-electron chi connectivity index (χ0n) is 8.54. The second kappa shape index (κ2) is 3.44. The van der Waals surface area contributed by atoms with Gasteiger partial charge in [-0.2, -0.15) is 0 Å². The van der Waals surface area contributed by atoms with Crippen molar-refractivity contribution in [2.75, 3.05) is 0 Å². The molecule has 1 aromatic carbocycles. The Morgan fingerprint density at radius 2 is 2.24 bits per heavy atom. The van der Waals surface area contributed by atoms with Gasteiger partial charge in [0.1, 0.15) is 0 Å². The molecule has 2 heterocycles. The molecule has 84 valence electrons. The summed E-state index contributed by atoms with van der Waals surface area (Å²) in [6.07, 6.45) is 1.66. The number of rotatable bonds is 1. The number of fused-ring (bicyclic) bond motifs is 3. The van der Waals surface area contributed by atoms with Crippen molar-refractivity contribution in [2.24, 2.45) is 5.10 Å². The fourth-order valence-corrected chi connectivity index (χ4v) is 1.76. The smallest absolute Gasteiger partial charge is 0.357 e. The van der Waals surface area contributed by atoms with E-state index in [1.165, 1.54) is 0 Å². The summed E-state index contributed by atoms with van der Waals surface area (Å²) in [4.78, 5) is 20.4. The third kappa shape index (κ3) is 1.38. The van der Waals surface area contributed by atoms with Gasteiger partial charge in [-0.1, -0.05) is 0 Å². The van der Waals surface area contributed by atoms with E-state index >= 15 is 0 Å². The van der Waals surface area contributed by atoms with Crippen LogP contribution in [0.4, 0.5) is 0 Å². The third-order valence-electron chi connectivity index (χ3n) is 2.50. The summed E-state index contributed by atoms with van der Waals surface area (Å²) in [6, 6.07) is 6.95. The average Bonchev–Trinajstić information content (AvgIpc) is 2.37. The fraction of sp³-hybridized carbons (Fsp3) is 0. The molecule has 0 saturated carbocycles. The van der Waals surface area contributed by atoms with Crippen LogP contribution in [0.15, 0.2) is 35.6 Å². The van der Waals surface area contributed by atoms with Gasteiger partial charge in [-0.3, -0.25) is 4.98 Å². The fourth-order valence-electron chi connectivity index (χ4n) is 1.76. The summed E-state index contributed by atoms with van der Waals surface area (Å²) in [6.45, 7) is 0. The van der Waals surface area contributed by atoms with E-state index in [1.54, 1.807) is 24.4 Å². The van der Waals surface area contributed by atoms with Gasteiger partial charge in [0.2, 0.25) is 0 Å². The molecule has 0 bridgehead atoms. The molecule has 1 aliphatic rings. The van der Waals surface area contributed by atoms with Crippen LogP contribution in [0.3, 0.4) is 0 Å². The molecule has 0 amide bonds. The lowest BCUT2D eigenvalue weighted by atomic mass is 10.0. The van der Waals surface area contributed by atoms with Crippen LogP contribution in [0.25, 0.3) is 10.9 Å². The number of nitrogens with zero attached hydrogens (tertiary/aromatic N) is 2.